The average molecular weight is 450 g/mol. The van der Waals surface area contributed by atoms with Gasteiger partial charge < -0.3 is 35.7 Å². The highest BCUT2D eigenvalue weighted by atomic mass is 32.1. The van der Waals surface area contributed by atoms with E-state index in [4.69, 9.17) is 22.7 Å². The number of aromatic nitrogens is 3. The Hall–Kier alpha value is -3.79. The Morgan fingerprint density at radius 3 is 2.62 bits per heavy atom. The quantitative estimate of drug-likeness (QED) is 0.277. The molecule has 0 bridgehead atoms. The van der Waals surface area contributed by atoms with Crippen LogP contribution in [-0.2, 0) is 0 Å². The van der Waals surface area contributed by atoms with Crippen LogP contribution in [0, 0.1) is 0 Å². The molecule has 0 radical (unpaired) electrons. The first-order chi connectivity index (χ1) is 15.5. The number of phenols is 1. The topological polar surface area (TPSA) is 116 Å². The van der Waals surface area contributed by atoms with Crippen molar-refractivity contribution in [1.29, 1.82) is 0 Å². The molecule has 0 spiro atoms. The van der Waals surface area contributed by atoms with Gasteiger partial charge in [0.1, 0.15) is 17.8 Å². The van der Waals surface area contributed by atoms with E-state index in [9.17, 15) is 5.11 Å². The van der Waals surface area contributed by atoms with Crippen LogP contribution in [0.4, 0.5) is 17.2 Å². The van der Waals surface area contributed by atoms with Gasteiger partial charge in [0.2, 0.25) is 0 Å². The Morgan fingerprint density at radius 1 is 1.16 bits per heavy atom. The zero-order chi connectivity index (χ0) is 22.2. The van der Waals surface area contributed by atoms with Crippen molar-refractivity contribution >= 4 is 56.5 Å². The molecule has 1 fully saturated rings. The molecule has 2 aromatic heterocycles. The predicted molar refractivity (Wildman–Crippen MR) is 130 cm³/mol. The van der Waals surface area contributed by atoms with Crippen LogP contribution in [0.3, 0.4) is 0 Å². The summed E-state index contributed by atoms with van der Waals surface area (Å²) in [5, 5.41) is 15.9. The second kappa shape index (κ2) is 8.04. The van der Waals surface area contributed by atoms with Gasteiger partial charge in [-0.2, -0.15) is 0 Å². The van der Waals surface area contributed by atoms with Gasteiger partial charge in [-0.25, -0.2) is 9.97 Å². The summed E-state index contributed by atoms with van der Waals surface area (Å²) in [4.78, 5) is 16.6. The first kappa shape index (κ1) is 20.1. The number of ether oxygens (including phenoxy) is 1. The number of fused-ring (bicyclic) bond motifs is 3. The van der Waals surface area contributed by atoms with E-state index in [-0.39, 0.29) is 5.75 Å². The van der Waals surface area contributed by atoms with E-state index in [0.29, 0.717) is 10.9 Å². The fourth-order valence-corrected chi connectivity index (χ4v) is 4.32. The summed E-state index contributed by atoms with van der Waals surface area (Å²) >= 11 is 5.61. The maximum atomic E-state index is 10.1. The van der Waals surface area contributed by atoms with E-state index in [1.807, 2.05) is 30.3 Å². The fourth-order valence-electron chi connectivity index (χ4n) is 4.02. The standard InChI is InChI=1S/C22H23N7O2S/c1-31-18-10-15-16(11-17(18)30)27-20-19(15)21(25-12-24-20)28-6-8-29(9-7-28)22(32)26-14-4-2-13(23)3-5-14/h2-5,10-12,30H,6-9,23H2,1H3,(H,26,32)(H,24,25,27). The van der Waals surface area contributed by atoms with Crippen molar-refractivity contribution < 1.29 is 9.84 Å². The Labute approximate surface area is 189 Å². The van der Waals surface area contributed by atoms with Gasteiger partial charge in [0.15, 0.2) is 16.6 Å². The molecule has 0 aliphatic carbocycles. The monoisotopic (exact) mass is 449 g/mol. The van der Waals surface area contributed by atoms with Crippen LogP contribution in [0.25, 0.3) is 21.9 Å². The van der Waals surface area contributed by atoms with Gasteiger partial charge in [-0.1, -0.05) is 0 Å². The third-order valence-electron chi connectivity index (χ3n) is 5.70. The lowest BCUT2D eigenvalue weighted by atomic mass is 10.1. The third-order valence-corrected chi connectivity index (χ3v) is 6.06. The Morgan fingerprint density at radius 2 is 1.91 bits per heavy atom. The summed E-state index contributed by atoms with van der Waals surface area (Å²) in [6.45, 7) is 3.05. The molecular formula is C22H23N7O2S. The van der Waals surface area contributed by atoms with Gasteiger partial charge in [0, 0.05) is 49.0 Å². The number of hydrogen-bond donors (Lipinski definition) is 4. The van der Waals surface area contributed by atoms with Gasteiger partial charge in [0.25, 0.3) is 0 Å². The number of phenolic OH excluding ortho intramolecular Hbond substituents is 1. The summed E-state index contributed by atoms with van der Waals surface area (Å²) in [6.07, 6.45) is 1.56. The van der Waals surface area contributed by atoms with Crippen molar-refractivity contribution in [3.05, 3.63) is 42.7 Å². The van der Waals surface area contributed by atoms with Crippen molar-refractivity contribution in [3.8, 4) is 11.5 Å². The van der Waals surface area contributed by atoms with Gasteiger partial charge in [0.05, 0.1) is 18.0 Å². The smallest absolute Gasteiger partial charge is 0.173 e. The van der Waals surface area contributed by atoms with Crippen LogP contribution in [0.2, 0.25) is 0 Å². The highest BCUT2D eigenvalue weighted by Crippen LogP contribution is 2.37. The first-order valence-electron chi connectivity index (χ1n) is 10.2. The molecule has 0 amide bonds. The zero-order valence-corrected chi connectivity index (χ0v) is 18.3. The van der Waals surface area contributed by atoms with Gasteiger partial charge in [-0.05, 0) is 42.5 Å². The van der Waals surface area contributed by atoms with Crippen LogP contribution in [0.5, 0.6) is 11.5 Å². The number of piperazine rings is 1. The summed E-state index contributed by atoms with van der Waals surface area (Å²) in [6, 6.07) is 11.0. The number of aromatic amines is 1. The summed E-state index contributed by atoms with van der Waals surface area (Å²) in [5.74, 6) is 1.35. The van der Waals surface area contributed by atoms with Gasteiger partial charge in [-0.3, -0.25) is 0 Å². The molecule has 32 heavy (non-hydrogen) atoms. The number of rotatable bonds is 3. The average Bonchev–Trinajstić information content (AvgIpc) is 3.17. The number of H-pyrrole nitrogens is 1. The number of nitrogens with two attached hydrogens (primary N) is 1. The molecule has 1 saturated heterocycles. The highest BCUT2D eigenvalue weighted by molar-refractivity contribution is 7.80. The molecule has 164 valence electrons. The number of methoxy groups -OCH3 is 1. The lowest BCUT2D eigenvalue weighted by molar-refractivity contribution is 0.374. The SMILES string of the molecule is COc1cc2c(cc1O)[nH]c1ncnc(N3CCN(C(=S)Nc4ccc(N)cc4)CC3)c12. The number of nitrogens with zero attached hydrogens (tertiary/aromatic N) is 4. The van der Waals surface area contributed by atoms with E-state index in [1.54, 1.807) is 12.4 Å². The molecular weight excluding hydrogens is 426 g/mol. The van der Waals surface area contributed by atoms with Crippen molar-refractivity contribution in [2.45, 2.75) is 0 Å². The number of nitrogens with one attached hydrogen (secondary N) is 2. The Balaban J connectivity index is 1.37. The molecule has 10 heteroatoms. The summed E-state index contributed by atoms with van der Waals surface area (Å²) < 4.78 is 5.30. The molecule has 1 aliphatic heterocycles. The maximum Gasteiger partial charge on any atom is 0.173 e. The number of nitrogen functional groups attached to an aromatic ring is 1. The summed E-state index contributed by atoms with van der Waals surface area (Å²) in [7, 11) is 1.54. The van der Waals surface area contributed by atoms with E-state index >= 15 is 0 Å². The molecule has 3 heterocycles. The number of thiocarbonyl (C=S) groups is 1. The van der Waals surface area contributed by atoms with Crippen LogP contribution in [0.15, 0.2) is 42.7 Å². The minimum atomic E-state index is 0.0804. The fraction of sp³-hybridized carbons (Fsp3) is 0.227. The second-order valence-electron chi connectivity index (χ2n) is 7.64. The highest BCUT2D eigenvalue weighted by Gasteiger charge is 2.23. The summed E-state index contributed by atoms with van der Waals surface area (Å²) in [5.41, 5.74) is 8.90. The minimum absolute atomic E-state index is 0.0804. The van der Waals surface area contributed by atoms with Crippen LogP contribution < -0.4 is 20.7 Å². The Bertz CT molecular complexity index is 1300. The van der Waals surface area contributed by atoms with E-state index in [0.717, 1.165) is 65.3 Å². The number of benzene rings is 2. The molecule has 0 unspecified atom stereocenters. The number of hydrogen-bond acceptors (Lipinski definition) is 7. The van der Waals surface area contributed by atoms with Crippen LogP contribution in [0.1, 0.15) is 0 Å². The Kier molecular flexibility index (Phi) is 5.06. The van der Waals surface area contributed by atoms with Crippen molar-refractivity contribution in [2.75, 3.05) is 49.2 Å². The van der Waals surface area contributed by atoms with Crippen molar-refractivity contribution in [2.24, 2.45) is 0 Å². The van der Waals surface area contributed by atoms with Crippen LogP contribution in [-0.4, -0.2) is 63.4 Å². The molecule has 9 nitrogen and oxygen atoms in total. The lowest BCUT2D eigenvalue weighted by Gasteiger charge is -2.37. The van der Waals surface area contributed by atoms with E-state index in [2.05, 4.69) is 30.1 Å². The van der Waals surface area contributed by atoms with Crippen LogP contribution >= 0.6 is 12.2 Å². The van der Waals surface area contributed by atoms with Gasteiger partial charge in [-0.15, -0.1) is 0 Å². The number of aromatic hydroxyl groups is 1. The minimum Gasteiger partial charge on any atom is -0.504 e. The largest absolute Gasteiger partial charge is 0.504 e. The maximum absolute atomic E-state index is 10.1. The predicted octanol–water partition coefficient (Wildman–Crippen LogP) is 2.93. The lowest BCUT2D eigenvalue weighted by Crippen LogP contribution is -2.50. The van der Waals surface area contributed by atoms with Crippen molar-refractivity contribution in [1.82, 2.24) is 19.9 Å². The molecule has 0 atom stereocenters. The van der Waals surface area contributed by atoms with Gasteiger partial charge >= 0.3 is 0 Å². The third kappa shape index (κ3) is 3.58. The molecule has 2 aromatic carbocycles. The number of anilines is 3. The molecule has 4 aromatic rings. The second-order valence-corrected chi connectivity index (χ2v) is 8.03. The van der Waals surface area contributed by atoms with E-state index in [1.165, 1.54) is 7.11 Å². The zero-order valence-electron chi connectivity index (χ0n) is 17.5. The molecule has 5 N–H and O–H groups in total. The first-order valence-corrected chi connectivity index (χ1v) is 10.6. The van der Waals surface area contributed by atoms with Crippen molar-refractivity contribution in [3.63, 3.8) is 0 Å². The normalized spacial score (nSPS) is 14.2. The molecule has 5 rings (SSSR count). The van der Waals surface area contributed by atoms with E-state index < -0.39 is 0 Å². The molecule has 0 saturated carbocycles. The molecule has 1 aliphatic rings.